The standard InChI is InChI=1S/C16H26N2O2S/c1-12-7-8-15(10-13(12)2)21(19,20)18-16(11-17)9-5-4-6-14(16)3/h7-8,10,14,18H,4-6,9,11,17H2,1-3H3. The molecule has 2 rings (SSSR count). The Kier molecular flexibility index (Phi) is 4.76. The molecule has 2 atom stereocenters. The zero-order chi connectivity index (χ0) is 15.7. The lowest BCUT2D eigenvalue weighted by atomic mass is 9.74. The summed E-state index contributed by atoms with van der Waals surface area (Å²) in [6.45, 7) is 6.34. The molecule has 0 aromatic heterocycles. The summed E-state index contributed by atoms with van der Waals surface area (Å²) in [6, 6.07) is 5.25. The summed E-state index contributed by atoms with van der Waals surface area (Å²) in [6.07, 6.45) is 4.01. The van der Waals surface area contributed by atoms with Gasteiger partial charge in [-0.3, -0.25) is 0 Å². The predicted molar refractivity (Wildman–Crippen MR) is 85.7 cm³/mol. The summed E-state index contributed by atoms with van der Waals surface area (Å²) in [7, 11) is -3.53. The number of hydrogen-bond acceptors (Lipinski definition) is 3. The van der Waals surface area contributed by atoms with Gasteiger partial charge in [-0.05, 0) is 55.9 Å². The van der Waals surface area contributed by atoms with Crippen LogP contribution in [0.2, 0.25) is 0 Å². The summed E-state index contributed by atoms with van der Waals surface area (Å²) in [4.78, 5) is 0.330. The molecule has 3 N–H and O–H groups in total. The highest BCUT2D eigenvalue weighted by Gasteiger charge is 2.40. The molecule has 0 aliphatic heterocycles. The van der Waals surface area contributed by atoms with Crippen LogP contribution in [0.5, 0.6) is 0 Å². The molecule has 0 saturated heterocycles. The monoisotopic (exact) mass is 310 g/mol. The first-order valence-electron chi connectivity index (χ1n) is 7.62. The van der Waals surface area contributed by atoms with Gasteiger partial charge in [0.1, 0.15) is 0 Å². The zero-order valence-corrected chi connectivity index (χ0v) is 14.0. The Balaban J connectivity index is 2.32. The summed E-state index contributed by atoms with van der Waals surface area (Å²) in [5, 5.41) is 0. The van der Waals surface area contributed by atoms with Gasteiger partial charge in [-0.2, -0.15) is 0 Å². The number of sulfonamides is 1. The van der Waals surface area contributed by atoms with Crippen molar-refractivity contribution in [2.75, 3.05) is 6.54 Å². The molecule has 1 aromatic carbocycles. The average Bonchev–Trinajstić information content (AvgIpc) is 2.44. The summed E-state index contributed by atoms with van der Waals surface area (Å²) in [5.74, 6) is 0.262. The Morgan fingerprint density at radius 2 is 2.00 bits per heavy atom. The van der Waals surface area contributed by atoms with Crippen LogP contribution in [0.25, 0.3) is 0 Å². The second-order valence-electron chi connectivity index (χ2n) is 6.36. The molecule has 1 aromatic rings. The highest BCUT2D eigenvalue weighted by molar-refractivity contribution is 7.89. The van der Waals surface area contributed by atoms with Crippen molar-refractivity contribution in [3.8, 4) is 0 Å². The number of aryl methyl sites for hydroxylation is 2. The first-order valence-corrected chi connectivity index (χ1v) is 9.10. The SMILES string of the molecule is Cc1ccc(S(=O)(=O)NC2(CN)CCCCC2C)cc1C. The molecule has 1 aliphatic carbocycles. The first-order chi connectivity index (χ1) is 9.81. The van der Waals surface area contributed by atoms with E-state index < -0.39 is 15.6 Å². The van der Waals surface area contributed by atoms with E-state index in [1.165, 1.54) is 0 Å². The molecule has 0 amide bonds. The second-order valence-corrected chi connectivity index (χ2v) is 8.04. The van der Waals surface area contributed by atoms with E-state index in [1.807, 2.05) is 19.9 Å². The molecular weight excluding hydrogens is 284 g/mol. The fourth-order valence-corrected chi connectivity index (χ4v) is 4.74. The maximum absolute atomic E-state index is 12.7. The topological polar surface area (TPSA) is 72.2 Å². The van der Waals surface area contributed by atoms with Crippen LogP contribution < -0.4 is 10.5 Å². The van der Waals surface area contributed by atoms with Crippen molar-refractivity contribution < 1.29 is 8.42 Å². The Morgan fingerprint density at radius 3 is 2.57 bits per heavy atom. The number of nitrogens with one attached hydrogen (secondary N) is 1. The van der Waals surface area contributed by atoms with Gasteiger partial charge in [0.2, 0.25) is 10.0 Å². The molecule has 21 heavy (non-hydrogen) atoms. The Hall–Kier alpha value is -0.910. The lowest BCUT2D eigenvalue weighted by Gasteiger charge is -2.42. The maximum Gasteiger partial charge on any atom is 0.241 e. The third-order valence-electron chi connectivity index (χ3n) is 4.94. The molecule has 0 radical (unpaired) electrons. The van der Waals surface area contributed by atoms with Crippen molar-refractivity contribution in [2.24, 2.45) is 11.7 Å². The molecule has 2 unspecified atom stereocenters. The minimum absolute atomic E-state index is 0.262. The lowest BCUT2D eigenvalue weighted by Crippen LogP contribution is -2.58. The van der Waals surface area contributed by atoms with E-state index in [-0.39, 0.29) is 5.92 Å². The van der Waals surface area contributed by atoms with E-state index in [4.69, 9.17) is 5.73 Å². The molecule has 0 bridgehead atoms. The van der Waals surface area contributed by atoms with Gasteiger partial charge in [-0.1, -0.05) is 25.8 Å². The molecule has 1 aliphatic rings. The third-order valence-corrected chi connectivity index (χ3v) is 6.49. The summed E-state index contributed by atoms with van der Waals surface area (Å²) in [5.41, 5.74) is 7.51. The number of benzene rings is 1. The fourth-order valence-electron chi connectivity index (χ4n) is 3.12. The van der Waals surface area contributed by atoms with Gasteiger partial charge in [0.15, 0.2) is 0 Å². The minimum Gasteiger partial charge on any atom is -0.329 e. The van der Waals surface area contributed by atoms with Crippen LogP contribution in [0.3, 0.4) is 0 Å². The summed E-state index contributed by atoms with van der Waals surface area (Å²) >= 11 is 0. The summed E-state index contributed by atoms with van der Waals surface area (Å²) < 4.78 is 28.3. The van der Waals surface area contributed by atoms with E-state index in [9.17, 15) is 8.42 Å². The predicted octanol–water partition coefficient (Wildman–Crippen LogP) is 2.49. The molecule has 0 heterocycles. The van der Waals surface area contributed by atoms with Crippen LogP contribution in [-0.2, 0) is 10.0 Å². The van der Waals surface area contributed by atoms with E-state index in [0.717, 1.165) is 36.8 Å². The Morgan fingerprint density at radius 1 is 1.29 bits per heavy atom. The van der Waals surface area contributed by atoms with Crippen molar-refractivity contribution in [2.45, 2.75) is 56.9 Å². The molecule has 1 saturated carbocycles. The van der Waals surface area contributed by atoms with E-state index >= 15 is 0 Å². The highest BCUT2D eigenvalue weighted by Crippen LogP contribution is 2.34. The van der Waals surface area contributed by atoms with Crippen LogP contribution in [0, 0.1) is 19.8 Å². The van der Waals surface area contributed by atoms with E-state index in [2.05, 4.69) is 11.6 Å². The van der Waals surface area contributed by atoms with Crippen molar-refractivity contribution >= 4 is 10.0 Å². The van der Waals surface area contributed by atoms with Crippen LogP contribution in [0.4, 0.5) is 0 Å². The molecule has 5 heteroatoms. The van der Waals surface area contributed by atoms with Gasteiger partial charge >= 0.3 is 0 Å². The highest BCUT2D eigenvalue weighted by atomic mass is 32.2. The lowest BCUT2D eigenvalue weighted by molar-refractivity contribution is 0.191. The van der Waals surface area contributed by atoms with E-state index in [1.54, 1.807) is 12.1 Å². The van der Waals surface area contributed by atoms with Gasteiger partial charge in [-0.15, -0.1) is 0 Å². The van der Waals surface area contributed by atoms with Gasteiger partial charge in [0, 0.05) is 12.1 Å². The molecule has 118 valence electrons. The van der Waals surface area contributed by atoms with Crippen molar-refractivity contribution in [1.82, 2.24) is 4.72 Å². The Bertz CT molecular complexity index is 613. The van der Waals surface area contributed by atoms with Crippen LogP contribution in [0.1, 0.15) is 43.7 Å². The van der Waals surface area contributed by atoms with Crippen LogP contribution in [-0.4, -0.2) is 20.5 Å². The second kappa shape index (κ2) is 6.07. The third kappa shape index (κ3) is 3.30. The van der Waals surface area contributed by atoms with Gasteiger partial charge in [0.25, 0.3) is 0 Å². The average molecular weight is 310 g/mol. The Labute approximate surface area is 128 Å². The van der Waals surface area contributed by atoms with Gasteiger partial charge in [0.05, 0.1) is 4.90 Å². The number of hydrogen-bond donors (Lipinski definition) is 2. The molecule has 0 spiro atoms. The molecule has 4 nitrogen and oxygen atoms in total. The van der Waals surface area contributed by atoms with Gasteiger partial charge < -0.3 is 5.73 Å². The number of nitrogens with two attached hydrogens (primary N) is 1. The van der Waals surface area contributed by atoms with Crippen molar-refractivity contribution in [3.63, 3.8) is 0 Å². The van der Waals surface area contributed by atoms with Gasteiger partial charge in [-0.25, -0.2) is 13.1 Å². The first kappa shape index (κ1) is 16.5. The molecule has 1 fully saturated rings. The fraction of sp³-hybridized carbons (Fsp3) is 0.625. The zero-order valence-electron chi connectivity index (χ0n) is 13.1. The quantitative estimate of drug-likeness (QED) is 0.897. The van der Waals surface area contributed by atoms with Crippen molar-refractivity contribution in [3.05, 3.63) is 29.3 Å². The van der Waals surface area contributed by atoms with E-state index in [0.29, 0.717) is 11.4 Å². The van der Waals surface area contributed by atoms with Crippen LogP contribution >= 0.6 is 0 Å². The number of rotatable bonds is 4. The van der Waals surface area contributed by atoms with Crippen LogP contribution in [0.15, 0.2) is 23.1 Å². The minimum atomic E-state index is -3.53. The molecular formula is C16H26N2O2S. The normalized spacial score (nSPS) is 26.8. The van der Waals surface area contributed by atoms with Crippen molar-refractivity contribution in [1.29, 1.82) is 0 Å². The maximum atomic E-state index is 12.7. The smallest absolute Gasteiger partial charge is 0.241 e. The largest absolute Gasteiger partial charge is 0.329 e.